The van der Waals surface area contributed by atoms with Crippen LogP contribution >= 0.6 is 0 Å². The molecule has 2 aromatic rings. The first kappa shape index (κ1) is 11.7. The average molecular weight is 237 g/mol. The largest absolute Gasteiger partial charge is 0.324 e. The van der Waals surface area contributed by atoms with Crippen molar-refractivity contribution in [2.75, 3.05) is 0 Å². The van der Waals surface area contributed by atoms with Crippen molar-refractivity contribution in [3.8, 4) is 0 Å². The van der Waals surface area contributed by atoms with E-state index in [4.69, 9.17) is 5.73 Å². The molecule has 3 nitrogen and oxygen atoms in total. The van der Waals surface area contributed by atoms with Crippen LogP contribution in [0.4, 0.5) is 8.78 Å². The molecular weight excluding hydrogens is 224 g/mol. The van der Waals surface area contributed by atoms with Gasteiger partial charge in [0.2, 0.25) is 0 Å². The number of benzene rings is 1. The summed E-state index contributed by atoms with van der Waals surface area (Å²) in [6, 6.07) is 4.69. The zero-order chi connectivity index (χ0) is 12.4. The molecule has 0 aliphatic rings. The topological polar surface area (TPSA) is 43.8 Å². The highest BCUT2D eigenvalue weighted by Crippen LogP contribution is 2.17. The number of halogens is 2. The second-order valence-electron chi connectivity index (χ2n) is 3.99. The first-order valence-electron chi connectivity index (χ1n) is 5.24. The van der Waals surface area contributed by atoms with E-state index in [2.05, 4.69) is 5.10 Å². The van der Waals surface area contributed by atoms with Gasteiger partial charge in [-0.2, -0.15) is 5.10 Å². The third-order valence-electron chi connectivity index (χ3n) is 2.51. The Balaban J connectivity index is 2.16. The third kappa shape index (κ3) is 2.88. The summed E-state index contributed by atoms with van der Waals surface area (Å²) in [5.74, 6) is -1.23. The first-order valence-corrected chi connectivity index (χ1v) is 5.24. The number of nitrogens with zero attached hydrogens (tertiary/aromatic N) is 2. The van der Waals surface area contributed by atoms with Crippen LogP contribution in [0.3, 0.4) is 0 Å². The van der Waals surface area contributed by atoms with Crippen molar-refractivity contribution in [1.82, 2.24) is 9.78 Å². The Morgan fingerprint density at radius 1 is 1.29 bits per heavy atom. The van der Waals surface area contributed by atoms with Crippen molar-refractivity contribution >= 4 is 0 Å². The number of aromatic nitrogens is 2. The number of hydrogen-bond acceptors (Lipinski definition) is 2. The van der Waals surface area contributed by atoms with E-state index in [-0.39, 0.29) is 0 Å². The zero-order valence-electron chi connectivity index (χ0n) is 9.40. The van der Waals surface area contributed by atoms with Gasteiger partial charge in [0.25, 0.3) is 0 Å². The van der Waals surface area contributed by atoms with E-state index in [1.54, 1.807) is 17.9 Å². The standard InChI is InChI=1S/C12H13F2N3/c1-17-3-2-11(16-17)7-12(15)8-4-9(13)6-10(14)5-8/h2-6,12H,7,15H2,1H3. The van der Waals surface area contributed by atoms with Gasteiger partial charge in [-0.1, -0.05) is 0 Å². The highest BCUT2D eigenvalue weighted by molar-refractivity contribution is 5.22. The summed E-state index contributed by atoms with van der Waals surface area (Å²) in [4.78, 5) is 0. The van der Waals surface area contributed by atoms with E-state index in [0.29, 0.717) is 12.0 Å². The van der Waals surface area contributed by atoms with E-state index in [9.17, 15) is 8.78 Å². The van der Waals surface area contributed by atoms with Gasteiger partial charge < -0.3 is 5.73 Å². The van der Waals surface area contributed by atoms with Crippen LogP contribution in [0.2, 0.25) is 0 Å². The van der Waals surface area contributed by atoms with E-state index in [1.807, 2.05) is 6.07 Å². The molecule has 0 radical (unpaired) electrons. The van der Waals surface area contributed by atoms with Gasteiger partial charge in [0.05, 0.1) is 5.69 Å². The molecule has 0 aliphatic heterocycles. The maximum Gasteiger partial charge on any atom is 0.126 e. The first-order chi connectivity index (χ1) is 8.04. The predicted molar refractivity (Wildman–Crippen MR) is 60.2 cm³/mol. The van der Waals surface area contributed by atoms with E-state index in [1.165, 1.54) is 12.1 Å². The predicted octanol–water partition coefficient (Wildman–Crippen LogP) is 1.94. The minimum absolute atomic E-state index is 0.438. The molecule has 2 N–H and O–H groups in total. The van der Waals surface area contributed by atoms with Crippen molar-refractivity contribution < 1.29 is 8.78 Å². The van der Waals surface area contributed by atoms with Crippen LogP contribution in [0, 0.1) is 11.6 Å². The number of aryl methyl sites for hydroxylation is 1. The molecule has 0 amide bonds. The maximum atomic E-state index is 13.0. The molecule has 0 bridgehead atoms. The smallest absolute Gasteiger partial charge is 0.126 e. The molecule has 0 spiro atoms. The summed E-state index contributed by atoms with van der Waals surface area (Å²) < 4.78 is 27.7. The van der Waals surface area contributed by atoms with Crippen molar-refractivity contribution in [1.29, 1.82) is 0 Å². The van der Waals surface area contributed by atoms with Crippen LogP contribution in [0.15, 0.2) is 30.5 Å². The van der Waals surface area contributed by atoms with Gasteiger partial charge in [0.1, 0.15) is 11.6 Å². The van der Waals surface area contributed by atoms with Gasteiger partial charge in [0, 0.05) is 31.8 Å². The van der Waals surface area contributed by atoms with Gasteiger partial charge in [-0.3, -0.25) is 4.68 Å². The molecule has 0 saturated heterocycles. The Morgan fingerprint density at radius 2 is 1.94 bits per heavy atom. The second kappa shape index (κ2) is 4.63. The Morgan fingerprint density at radius 3 is 2.47 bits per heavy atom. The monoisotopic (exact) mass is 237 g/mol. The molecule has 90 valence electrons. The normalized spacial score (nSPS) is 12.7. The Bertz CT molecular complexity index is 502. The SMILES string of the molecule is Cn1ccc(CC(N)c2cc(F)cc(F)c2)n1. The second-order valence-corrected chi connectivity index (χ2v) is 3.99. The summed E-state index contributed by atoms with van der Waals surface area (Å²) in [5, 5.41) is 4.17. The molecule has 1 aromatic heterocycles. The Kier molecular flexibility index (Phi) is 3.19. The fourth-order valence-corrected chi connectivity index (χ4v) is 1.70. The maximum absolute atomic E-state index is 13.0. The van der Waals surface area contributed by atoms with Crippen molar-refractivity contribution in [3.63, 3.8) is 0 Å². The lowest BCUT2D eigenvalue weighted by Gasteiger charge is -2.10. The minimum Gasteiger partial charge on any atom is -0.324 e. The molecule has 1 atom stereocenters. The van der Waals surface area contributed by atoms with Gasteiger partial charge in [0.15, 0.2) is 0 Å². The summed E-state index contributed by atoms with van der Waals surface area (Å²) >= 11 is 0. The molecule has 5 heteroatoms. The van der Waals surface area contributed by atoms with Crippen LogP contribution in [-0.4, -0.2) is 9.78 Å². The lowest BCUT2D eigenvalue weighted by Crippen LogP contribution is -2.14. The Labute approximate surface area is 97.9 Å². The number of rotatable bonds is 3. The third-order valence-corrected chi connectivity index (χ3v) is 2.51. The van der Waals surface area contributed by atoms with Crippen molar-refractivity contribution in [3.05, 3.63) is 53.4 Å². The van der Waals surface area contributed by atoms with E-state index in [0.717, 1.165) is 11.8 Å². The Hall–Kier alpha value is -1.75. The van der Waals surface area contributed by atoms with Crippen LogP contribution < -0.4 is 5.73 Å². The molecule has 1 aromatic carbocycles. The zero-order valence-corrected chi connectivity index (χ0v) is 9.40. The quantitative estimate of drug-likeness (QED) is 0.886. The van der Waals surface area contributed by atoms with Crippen molar-refractivity contribution in [2.45, 2.75) is 12.5 Å². The minimum atomic E-state index is -0.614. The molecule has 1 heterocycles. The molecule has 1 unspecified atom stereocenters. The number of nitrogens with two attached hydrogens (primary N) is 1. The van der Waals surface area contributed by atoms with Crippen LogP contribution in [-0.2, 0) is 13.5 Å². The molecular formula is C12H13F2N3. The summed E-state index contributed by atoms with van der Waals surface area (Å²) in [5.41, 5.74) is 7.13. The molecule has 0 fully saturated rings. The van der Waals surface area contributed by atoms with Gasteiger partial charge >= 0.3 is 0 Å². The molecule has 0 saturated carbocycles. The summed E-state index contributed by atoms with van der Waals surface area (Å²) in [6.07, 6.45) is 2.25. The van der Waals surface area contributed by atoms with Crippen LogP contribution in [0.1, 0.15) is 17.3 Å². The van der Waals surface area contributed by atoms with Crippen LogP contribution in [0.25, 0.3) is 0 Å². The van der Waals surface area contributed by atoms with E-state index < -0.39 is 17.7 Å². The lowest BCUT2D eigenvalue weighted by molar-refractivity contribution is 0.571. The highest BCUT2D eigenvalue weighted by Gasteiger charge is 2.11. The van der Waals surface area contributed by atoms with Gasteiger partial charge in [-0.05, 0) is 23.8 Å². The van der Waals surface area contributed by atoms with Crippen LogP contribution in [0.5, 0.6) is 0 Å². The summed E-state index contributed by atoms with van der Waals surface area (Å²) in [6.45, 7) is 0. The van der Waals surface area contributed by atoms with E-state index >= 15 is 0 Å². The highest BCUT2D eigenvalue weighted by atomic mass is 19.1. The average Bonchev–Trinajstić information content (AvgIpc) is 2.62. The fourth-order valence-electron chi connectivity index (χ4n) is 1.70. The van der Waals surface area contributed by atoms with Gasteiger partial charge in [-0.15, -0.1) is 0 Å². The molecule has 17 heavy (non-hydrogen) atoms. The summed E-state index contributed by atoms with van der Waals surface area (Å²) in [7, 11) is 1.80. The molecule has 0 aliphatic carbocycles. The molecule has 2 rings (SSSR count). The van der Waals surface area contributed by atoms with Gasteiger partial charge in [-0.25, -0.2) is 8.78 Å². The number of hydrogen-bond donors (Lipinski definition) is 1. The van der Waals surface area contributed by atoms with Crippen molar-refractivity contribution in [2.24, 2.45) is 12.8 Å². The fraction of sp³-hybridized carbons (Fsp3) is 0.250. The lowest BCUT2D eigenvalue weighted by atomic mass is 10.0.